The number of carbonyl (C=O) groups is 2. The van der Waals surface area contributed by atoms with Crippen LogP contribution in [0, 0.1) is 0 Å². The molecule has 0 N–H and O–H groups in total. The number of ketones is 2. The molecule has 0 radical (unpaired) electrons. The molecule has 1 aromatic rings. The first-order valence-corrected chi connectivity index (χ1v) is 7.30. The Bertz CT molecular complexity index is 598. The summed E-state index contributed by atoms with van der Waals surface area (Å²) in [6, 6.07) is 5.16. The zero-order chi connectivity index (χ0) is 14.1. The van der Waals surface area contributed by atoms with Crippen molar-refractivity contribution in [1.29, 1.82) is 0 Å². The Morgan fingerprint density at radius 2 is 1.85 bits per heavy atom. The average Bonchev–Trinajstić information content (AvgIpc) is 2.45. The molecule has 1 aromatic carbocycles. The third-order valence-electron chi connectivity index (χ3n) is 3.84. The summed E-state index contributed by atoms with van der Waals surface area (Å²) in [4.78, 5) is 23.7. The van der Waals surface area contributed by atoms with Crippen LogP contribution in [0.2, 0.25) is 5.02 Å². The second-order valence-electron chi connectivity index (χ2n) is 5.24. The van der Waals surface area contributed by atoms with E-state index in [0.717, 1.165) is 25.7 Å². The van der Waals surface area contributed by atoms with Gasteiger partial charge in [-0.2, -0.15) is 0 Å². The van der Waals surface area contributed by atoms with Crippen LogP contribution < -0.4 is 0 Å². The van der Waals surface area contributed by atoms with Crippen molar-refractivity contribution in [2.75, 3.05) is 0 Å². The van der Waals surface area contributed by atoms with Crippen LogP contribution in [0.3, 0.4) is 0 Å². The number of Topliss-reactive ketones (excluding diaryl/α,β-unsaturated/α-hetero) is 1. The Kier molecular flexibility index (Phi) is 3.62. The predicted molar refractivity (Wildman–Crippen MR) is 76.7 cm³/mol. The summed E-state index contributed by atoms with van der Waals surface area (Å²) in [5.74, 6) is -0.628. The first kappa shape index (κ1) is 13.4. The van der Waals surface area contributed by atoms with Crippen LogP contribution in [0.4, 0.5) is 0 Å². The van der Waals surface area contributed by atoms with E-state index in [4.69, 9.17) is 16.3 Å². The Hall–Kier alpha value is -1.61. The lowest BCUT2D eigenvalue weighted by Crippen LogP contribution is -2.23. The number of ether oxygens (including phenoxy) is 1. The number of allylic oxidation sites excluding steroid dienone is 1. The summed E-state index contributed by atoms with van der Waals surface area (Å²) >= 11 is 6.05. The number of benzene rings is 1. The second kappa shape index (κ2) is 5.41. The molecule has 0 saturated heterocycles. The standard InChI is InChI=1S/C16H15ClO3/c17-12-8-4-7-11-14(9-13(18)16(19)15(11)12)20-10-5-2-1-3-6-10/h4,7-10H,1-3,5-6H2. The van der Waals surface area contributed by atoms with Gasteiger partial charge in [0.15, 0.2) is 0 Å². The Labute approximate surface area is 122 Å². The van der Waals surface area contributed by atoms with Crippen molar-refractivity contribution in [2.24, 2.45) is 0 Å². The van der Waals surface area contributed by atoms with Gasteiger partial charge in [-0.1, -0.05) is 30.2 Å². The maximum absolute atomic E-state index is 11.9. The van der Waals surface area contributed by atoms with Gasteiger partial charge in [-0.25, -0.2) is 0 Å². The van der Waals surface area contributed by atoms with Gasteiger partial charge in [-0.3, -0.25) is 9.59 Å². The van der Waals surface area contributed by atoms with E-state index in [0.29, 0.717) is 16.3 Å². The summed E-state index contributed by atoms with van der Waals surface area (Å²) in [5.41, 5.74) is 0.903. The minimum Gasteiger partial charge on any atom is -0.490 e. The predicted octanol–water partition coefficient (Wildman–Crippen LogP) is 3.80. The van der Waals surface area contributed by atoms with Crippen LogP contribution in [0.25, 0.3) is 5.76 Å². The Balaban J connectivity index is 1.95. The quantitative estimate of drug-likeness (QED) is 0.778. The third kappa shape index (κ3) is 2.38. The molecule has 2 aliphatic rings. The smallest absolute Gasteiger partial charge is 0.235 e. The highest BCUT2D eigenvalue weighted by atomic mass is 35.5. The zero-order valence-electron chi connectivity index (χ0n) is 11.0. The number of rotatable bonds is 2. The highest BCUT2D eigenvalue weighted by Gasteiger charge is 2.30. The lowest BCUT2D eigenvalue weighted by atomic mass is 9.93. The molecule has 1 saturated carbocycles. The van der Waals surface area contributed by atoms with Crippen LogP contribution in [0.15, 0.2) is 24.3 Å². The van der Waals surface area contributed by atoms with Gasteiger partial charge in [0.1, 0.15) is 5.76 Å². The summed E-state index contributed by atoms with van der Waals surface area (Å²) in [5, 5.41) is 0.304. The maximum atomic E-state index is 11.9. The van der Waals surface area contributed by atoms with Gasteiger partial charge < -0.3 is 4.74 Å². The molecule has 0 atom stereocenters. The van der Waals surface area contributed by atoms with Crippen molar-refractivity contribution in [3.63, 3.8) is 0 Å². The van der Waals surface area contributed by atoms with Crippen LogP contribution in [0.1, 0.15) is 48.0 Å². The van der Waals surface area contributed by atoms with Crippen LogP contribution in [0.5, 0.6) is 0 Å². The van der Waals surface area contributed by atoms with Crippen molar-refractivity contribution in [1.82, 2.24) is 0 Å². The topological polar surface area (TPSA) is 43.4 Å². The SMILES string of the molecule is O=C1C=C(OC2CCCCC2)c2cccc(Cl)c2C1=O. The Morgan fingerprint density at radius 3 is 2.60 bits per heavy atom. The van der Waals surface area contributed by atoms with Crippen molar-refractivity contribution in [3.8, 4) is 0 Å². The highest BCUT2D eigenvalue weighted by Crippen LogP contribution is 2.33. The Morgan fingerprint density at radius 1 is 1.10 bits per heavy atom. The minimum atomic E-state index is -0.559. The van der Waals surface area contributed by atoms with Crippen molar-refractivity contribution >= 4 is 28.9 Å². The zero-order valence-corrected chi connectivity index (χ0v) is 11.8. The van der Waals surface area contributed by atoms with E-state index in [1.54, 1.807) is 18.2 Å². The van der Waals surface area contributed by atoms with Crippen molar-refractivity contribution < 1.29 is 14.3 Å². The van der Waals surface area contributed by atoms with E-state index in [1.165, 1.54) is 12.5 Å². The largest absolute Gasteiger partial charge is 0.490 e. The van der Waals surface area contributed by atoms with Gasteiger partial charge in [0.25, 0.3) is 0 Å². The lowest BCUT2D eigenvalue weighted by Gasteiger charge is -2.26. The van der Waals surface area contributed by atoms with Gasteiger partial charge in [-0.05, 0) is 31.7 Å². The van der Waals surface area contributed by atoms with Gasteiger partial charge in [0.2, 0.25) is 11.6 Å². The summed E-state index contributed by atoms with van der Waals surface area (Å²) in [6.07, 6.45) is 6.95. The van der Waals surface area contributed by atoms with E-state index in [2.05, 4.69) is 0 Å². The number of hydrogen-bond donors (Lipinski definition) is 0. The van der Waals surface area contributed by atoms with Gasteiger partial charge >= 0.3 is 0 Å². The molecule has 3 rings (SSSR count). The molecule has 0 aliphatic heterocycles. The van der Waals surface area contributed by atoms with E-state index in [-0.39, 0.29) is 11.7 Å². The molecule has 0 aromatic heterocycles. The van der Waals surface area contributed by atoms with E-state index < -0.39 is 11.6 Å². The number of carbonyl (C=O) groups excluding carboxylic acids is 2. The first-order valence-electron chi connectivity index (χ1n) is 6.92. The summed E-state index contributed by atoms with van der Waals surface area (Å²) in [6.45, 7) is 0. The molecule has 1 fully saturated rings. The summed E-state index contributed by atoms with van der Waals surface area (Å²) in [7, 11) is 0. The molecule has 2 aliphatic carbocycles. The maximum Gasteiger partial charge on any atom is 0.235 e. The number of hydrogen-bond acceptors (Lipinski definition) is 3. The molecular weight excluding hydrogens is 276 g/mol. The molecule has 0 bridgehead atoms. The van der Waals surface area contributed by atoms with Crippen molar-refractivity contribution in [2.45, 2.75) is 38.2 Å². The monoisotopic (exact) mass is 290 g/mol. The van der Waals surface area contributed by atoms with E-state index in [1.807, 2.05) is 0 Å². The molecular formula is C16H15ClO3. The molecule has 20 heavy (non-hydrogen) atoms. The molecule has 104 valence electrons. The molecule has 0 heterocycles. The molecule has 4 heteroatoms. The minimum absolute atomic E-state index is 0.128. The van der Waals surface area contributed by atoms with Gasteiger partial charge in [0, 0.05) is 11.6 Å². The fourth-order valence-corrected chi connectivity index (χ4v) is 3.07. The summed E-state index contributed by atoms with van der Waals surface area (Å²) < 4.78 is 5.96. The fourth-order valence-electron chi connectivity index (χ4n) is 2.81. The second-order valence-corrected chi connectivity index (χ2v) is 5.65. The molecule has 3 nitrogen and oxygen atoms in total. The van der Waals surface area contributed by atoms with Gasteiger partial charge in [0.05, 0.1) is 16.7 Å². The van der Waals surface area contributed by atoms with Crippen LogP contribution >= 0.6 is 11.6 Å². The van der Waals surface area contributed by atoms with Crippen molar-refractivity contribution in [3.05, 3.63) is 40.4 Å². The average molecular weight is 291 g/mol. The number of fused-ring (bicyclic) bond motifs is 1. The van der Waals surface area contributed by atoms with E-state index in [9.17, 15) is 9.59 Å². The van der Waals surface area contributed by atoms with E-state index >= 15 is 0 Å². The molecule has 0 unspecified atom stereocenters. The van der Waals surface area contributed by atoms with Gasteiger partial charge in [-0.15, -0.1) is 0 Å². The molecule has 0 spiro atoms. The fraction of sp³-hybridized carbons (Fsp3) is 0.375. The normalized spacial score (nSPS) is 19.6. The molecule has 0 amide bonds. The first-order chi connectivity index (χ1) is 9.66. The van der Waals surface area contributed by atoms with Crippen LogP contribution in [-0.4, -0.2) is 17.7 Å². The highest BCUT2D eigenvalue weighted by molar-refractivity contribution is 6.53. The lowest BCUT2D eigenvalue weighted by molar-refractivity contribution is -0.111. The third-order valence-corrected chi connectivity index (χ3v) is 4.15. The number of halogens is 1. The van der Waals surface area contributed by atoms with Crippen LogP contribution in [-0.2, 0) is 9.53 Å².